The van der Waals surface area contributed by atoms with Crippen LogP contribution in [0.5, 0.6) is 0 Å². The number of benzene rings is 1. The molecule has 2 heteroatoms. The van der Waals surface area contributed by atoms with Crippen molar-refractivity contribution in [1.82, 2.24) is 0 Å². The van der Waals surface area contributed by atoms with Gasteiger partial charge in [0, 0.05) is 19.1 Å². The van der Waals surface area contributed by atoms with Crippen LogP contribution in [0.15, 0.2) is 24.3 Å². The first-order chi connectivity index (χ1) is 6.94. The summed E-state index contributed by atoms with van der Waals surface area (Å²) in [6, 6.07) is 7.65. The third kappa shape index (κ3) is 3.48. The second-order valence-corrected chi connectivity index (χ2v) is 4.43. The molecular weight excluding hydrogens is 188 g/mol. The van der Waals surface area contributed by atoms with Gasteiger partial charge in [-0.15, -0.1) is 0 Å². The Kier molecular flexibility index (Phi) is 3.64. The van der Waals surface area contributed by atoms with Gasteiger partial charge in [-0.3, -0.25) is 4.79 Å². The summed E-state index contributed by atoms with van der Waals surface area (Å²) >= 11 is 0. The van der Waals surface area contributed by atoms with Crippen molar-refractivity contribution in [2.45, 2.75) is 32.8 Å². The number of carbonyl (C=O) groups excluding carboxylic acids is 1. The Morgan fingerprint density at radius 2 is 2.07 bits per heavy atom. The Morgan fingerprint density at radius 3 is 2.60 bits per heavy atom. The average Bonchev–Trinajstić information content (AvgIpc) is 2.17. The minimum Gasteiger partial charge on any atom is -0.378 e. The zero-order chi connectivity index (χ0) is 11.5. The van der Waals surface area contributed by atoms with E-state index in [-0.39, 0.29) is 11.4 Å². The number of carbonyl (C=O) groups is 1. The normalized spacial score (nSPS) is 11.5. The maximum absolute atomic E-state index is 11.9. The monoisotopic (exact) mass is 206 g/mol. The van der Waals surface area contributed by atoms with Crippen molar-refractivity contribution in [2.75, 3.05) is 7.11 Å². The highest BCUT2D eigenvalue weighted by Crippen LogP contribution is 2.17. The van der Waals surface area contributed by atoms with Gasteiger partial charge in [-0.1, -0.05) is 23.8 Å². The van der Waals surface area contributed by atoms with Gasteiger partial charge in [-0.05, 0) is 26.8 Å². The molecule has 0 radical (unpaired) electrons. The van der Waals surface area contributed by atoms with Gasteiger partial charge in [-0.2, -0.15) is 0 Å². The van der Waals surface area contributed by atoms with Gasteiger partial charge < -0.3 is 4.74 Å². The Hall–Kier alpha value is -1.15. The fraction of sp³-hybridized carbons (Fsp3) is 0.462. The van der Waals surface area contributed by atoms with Gasteiger partial charge in [0.05, 0.1) is 5.60 Å². The number of hydrogen-bond acceptors (Lipinski definition) is 2. The SMILES string of the molecule is COC(C)(C)CC(=O)c1cccc(C)c1. The van der Waals surface area contributed by atoms with Gasteiger partial charge in [0.25, 0.3) is 0 Å². The van der Waals surface area contributed by atoms with Crippen LogP contribution in [0.3, 0.4) is 0 Å². The minimum absolute atomic E-state index is 0.130. The number of ketones is 1. The lowest BCUT2D eigenvalue weighted by atomic mass is 9.96. The van der Waals surface area contributed by atoms with E-state index in [4.69, 9.17) is 4.74 Å². The third-order valence-electron chi connectivity index (χ3n) is 2.48. The molecule has 0 spiro atoms. The van der Waals surface area contributed by atoms with Crippen LogP contribution in [0, 0.1) is 6.92 Å². The molecule has 0 aromatic heterocycles. The van der Waals surface area contributed by atoms with E-state index < -0.39 is 0 Å². The molecule has 0 unspecified atom stereocenters. The van der Waals surface area contributed by atoms with E-state index in [1.54, 1.807) is 7.11 Å². The summed E-state index contributed by atoms with van der Waals surface area (Å²) < 4.78 is 5.24. The lowest BCUT2D eigenvalue weighted by Gasteiger charge is -2.21. The fourth-order valence-electron chi connectivity index (χ4n) is 1.38. The maximum Gasteiger partial charge on any atom is 0.165 e. The van der Waals surface area contributed by atoms with Crippen molar-refractivity contribution in [3.8, 4) is 0 Å². The first-order valence-corrected chi connectivity index (χ1v) is 5.09. The Bertz CT molecular complexity index is 353. The van der Waals surface area contributed by atoms with Crippen molar-refractivity contribution in [3.05, 3.63) is 35.4 Å². The molecule has 0 atom stereocenters. The molecule has 1 aromatic rings. The molecule has 0 aliphatic carbocycles. The lowest BCUT2D eigenvalue weighted by molar-refractivity contribution is 0.0172. The van der Waals surface area contributed by atoms with Gasteiger partial charge in [-0.25, -0.2) is 0 Å². The van der Waals surface area contributed by atoms with Crippen LogP contribution in [0.25, 0.3) is 0 Å². The minimum atomic E-state index is -0.388. The largest absolute Gasteiger partial charge is 0.378 e. The van der Waals surface area contributed by atoms with Gasteiger partial charge in [0.1, 0.15) is 0 Å². The number of rotatable bonds is 4. The summed E-state index contributed by atoms with van der Waals surface area (Å²) in [6.45, 7) is 5.82. The molecule has 1 aromatic carbocycles. The molecule has 15 heavy (non-hydrogen) atoms. The van der Waals surface area contributed by atoms with E-state index in [2.05, 4.69) is 0 Å². The Morgan fingerprint density at radius 1 is 1.40 bits per heavy atom. The number of methoxy groups -OCH3 is 1. The number of Topliss-reactive ketones (excluding diaryl/α,β-unsaturated/α-hetero) is 1. The van der Waals surface area contributed by atoms with Crippen molar-refractivity contribution in [1.29, 1.82) is 0 Å². The van der Waals surface area contributed by atoms with E-state index in [9.17, 15) is 4.79 Å². The van der Waals surface area contributed by atoms with Crippen LogP contribution in [0.2, 0.25) is 0 Å². The van der Waals surface area contributed by atoms with E-state index >= 15 is 0 Å². The van der Waals surface area contributed by atoms with E-state index in [0.29, 0.717) is 6.42 Å². The molecule has 0 amide bonds. The summed E-state index contributed by atoms with van der Waals surface area (Å²) in [5.41, 5.74) is 1.48. The van der Waals surface area contributed by atoms with Crippen LogP contribution < -0.4 is 0 Å². The predicted octanol–water partition coefficient (Wildman–Crippen LogP) is 2.99. The second-order valence-electron chi connectivity index (χ2n) is 4.43. The number of ether oxygens (including phenoxy) is 1. The molecule has 0 saturated heterocycles. The zero-order valence-corrected chi connectivity index (χ0v) is 9.83. The zero-order valence-electron chi connectivity index (χ0n) is 9.83. The standard InChI is InChI=1S/C13H18O2/c1-10-6-5-7-11(8-10)12(14)9-13(2,3)15-4/h5-8H,9H2,1-4H3. The maximum atomic E-state index is 11.9. The molecule has 0 bridgehead atoms. The summed E-state index contributed by atoms with van der Waals surface area (Å²) in [7, 11) is 1.63. The summed E-state index contributed by atoms with van der Waals surface area (Å²) in [4.78, 5) is 11.9. The summed E-state index contributed by atoms with van der Waals surface area (Å²) in [5.74, 6) is 0.130. The highest BCUT2D eigenvalue weighted by molar-refractivity contribution is 5.96. The van der Waals surface area contributed by atoms with Crippen LogP contribution >= 0.6 is 0 Å². The second kappa shape index (κ2) is 4.58. The van der Waals surface area contributed by atoms with Crippen molar-refractivity contribution in [2.24, 2.45) is 0 Å². The van der Waals surface area contributed by atoms with E-state index in [0.717, 1.165) is 11.1 Å². The molecule has 2 nitrogen and oxygen atoms in total. The first-order valence-electron chi connectivity index (χ1n) is 5.09. The molecule has 0 N–H and O–H groups in total. The molecule has 0 saturated carbocycles. The summed E-state index contributed by atoms with van der Waals surface area (Å²) in [5, 5.41) is 0. The van der Waals surface area contributed by atoms with Crippen LogP contribution in [-0.4, -0.2) is 18.5 Å². The molecule has 0 heterocycles. The van der Waals surface area contributed by atoms with Crippen molar-refractivity contribution in [3.63, 3.8) is 0 Å². The highest BCUT2D eigenvalue weighted by atomic mass is 16.5. The van der Waals surface area contributed by atoms with Gasteiger partial charge in [0.2, 0.25) is 0 Å². The lowest BCUT2D eigenvalue weighted by Crippen LogP contribution is -2.26. The molecule has 0 fully saturated rings. The van der Waals surface area contributed by atoms with Gasteiger partial charge in [0.15, 0.2) is 5.78 Å². The predicted molar refractivity (Wildman–Crippen MR) is 61.2 cm³/mol. The first kappa shape index (κ1) is 11.9. The molecule has 1 rings (SSSR count). The number of aryl methyl sites for hydroxylation is 1. The van der Waals surface area contributed by atoms with Crippen LogP contribution in [-0.2, 0) is 4.74 Å². The van der Waals surface area contributed by atoms with Crippen molar-refractivity contribution >= 4 is 5.78 Å². The third-order valence-corrected chi connectivity index (χ3v) is 2.48. The van der Waals surface area contributed by atoms with Crippen LogP contribution in [0.1, 0.15) is 36.2 Å². The molecule has 82 valence electrons. The van der Waals surface area contributed by atoms with E-state index in [1.807, 2.05) is 45.0 Å². The fourth-order valence-corrected chi connectivity index (χ4v) is 1.38. The number of hydrogen-bond donors (Lipinski definition) is 0. The van der Waals surface area contributed by atoms with Crippen LogP contribution in [0.4, 0.5) is 0 Å². The smallest absolute Gasteiger partial charge is 0.165 e. The van der Waals surface area contributed by atoms with E-state index in [1.165, 1.54) is 0 Å². The molecule has 0 aliphatic heterocycles. The Balaban J connectivity index is 2.78. The molecular formula is C13H18O2. The summed E-state index contributed by atoms with van der Waals surface area (Å²) in [6.07, 6.45) is 0.410. The molecule has 0 aliphatic rings. The van der Waals surface area contributed by atoms with Gasteiger partial charge >= 0.3 is 0 Å². The average molecular weight is 206 g/mol. The topological polar surface area (TPSA) is 26.3 Å². The highest BCUT2D eigenvalue weighted by Gasteiger charge is 2.21. The Labute approximate surface area is 91.3 Å². The quantitative estimate of drug-likeness (QED) is 0.708. The van der Waals surface area contributed by atoms with Crippen molar-refractivity contribution < 1.29 is 9.53 Å².